The number of thiophene rings is 1. The molecule has 0 atom stereocenters. The number of hydrogen-bond donors (Lipinski definition) is 1. The zero-order valence-corrected chi connectivity index (χ0v) is 12.7. The molecule has 3 aromatic rings. The summed E-state index contributed by atoms with van der Waals surface area (Å²) in [6.07, 6.45) is 1.10. The number of rotatable bonds is 7. The van der Waals surface area contributed by atoms with Crippen LogP contribution in [0.4, 0.5) is 0 Å². The summed E-state index contributed by atoms with van der Waals surface area (Å²) in [4.78, 5) is 5.88. The van der Waals surface area contributed by atoms with Crippen molar-refractivity contribution in [2.75, 3.05) is 18.8 Å². The predicted molar refractivity (Wildman–Crippen MR) is 85.6 cm³/mol. The van der Waals surface area contributed by atoms with E-state index < -0.39 is 0 Å². The van der Waals surface area contributed by atoms with E-state index in [0.717, 1.165) is 41.6 Å². The number of oxazole rings is 1. The predicted octanol–water partition coefficient (Wildman–Crippen LogP) is 3.81. The van der Waals surface area contributed by atoms with Crippen LogP contribution >= 0.6 is 23.1 Å². The molecule has 0 aliphatic rings. The third-order valence-corrected chi connectivity index (χ3v) is 4.67. The molecule has 0 aliphatic carbocycles. The van der Waals surface area contributed by atoms with Crippen LogP contribution in [-0.4, -0.2) is 23.8 Å². The summed E-state index contributed by atoms with van der Waals surface area (Å²) >= 11 is 3.47. The first kappa shape index (κ1) is 13.7. The Labute approximate surface area is 126 Å². The van der Waals surface area contributed by atoms with Crippen molar-refractivity contribution in [3.63, 3.8) is 0 Å². The van der Waals surface area contributed by atoms with Crippen molar-refractivity contribution in [2.45, 2.75) is 11.6 Å². The van der Waals surface area contributed by atoms with Crippen molar-refractivity contribution in [1.29, 1.82) is 0 Å². The molecule has 0 amide bonds. The molecule has 0 fully saturated rings. The van der Waals surface area contributed by atoms with Crippen molar-refractivity contribution >= 4 is 34.2 Å². The van der Waals surface area contributed by atoms with Crippen LogP contribution < -0.4 is 5.32 Å². The van der Waals surface area contributed by atoms with E-state index in [0.29, 0.717) is 0 Å². The van der Waals surface area contributed by atoms with Gasteiger partial charge in [0.1, 0.15) is 5.52 Å². The number of nitrogens with one attached hydrogen (secondary N) is 1. The summed E-state index contributed by atoms with van der Waals surface area (Å²) in [5, 5.41) is 6.32. The molecule has 2 heterocycles. The number of fused-ring (bicyclic) bond motifs is 1. The molecule has 2 aromatic heterocycles. The highest BCUT2D eigenvalue weighted by molar-refractivity contribution is 7.99. The van der Waals surface area contributed by atoms with Gasteiger partial charge in [-0.1, -0.05) is 30.0 Å². The van der Waals surface area contributed by atoms with E-state index in [9.17, 15) is 0 Å². The molecule has 0 saturated carbocycles. The van der Waals surface area contributed by atoms with E-state index in [1.807, 2.05) is 35.6 Å². The van der Waals surface area contributed by atoms with E-state index in [1.165, 1.54) is 4.88 Å². The van der Waals surface area contributed by atoms with Crippen LogP contribution in [-0.2, 0) is 6.42 Å². The minimum absolute atomic E-state index is 0.756. The van der Waals surface area contributed by atoms with E-state index in [-0.39, 0.29) is 0 Å². The number of hydrogen-bond acceptors (Lipinski definition) is 5. The Morgan fingerprint density at radius 3 is 2.95 bits per heavy atom. The number of aromatic nitrogens is 1. The molecule has 0 bridgehead atoms. The van der Waals surface area contributed by atoms with Crippen molar-refractivity contribution < 1.29 is 4.42 Å². The normalized spacial score (nSPS) is 11.2. The van der Waals surface area contributed by atoms with E-state index in [2.05, 4.69) is 27.8 Å². The fourth-order valence-corrected chi connectivity index (χ4v) is 3.36. The maximum atomic E-state index is 5.66. The Balaban J connectivity index is 1.37. The molecule has 104 valence electrons. The average molecular weight is 304 g/mol. The molecule has 3 nitrogen and oxygen atoms in total. The lowest BCUT2D eigenvalue weighted by Gasteiger charge is -2.01. The minimum Gasteiger partial charge on any atom is -0.431 e. The molecule has 0 saturated heterocycles. The number of benzene rings is 1. The average Bonchev–Trinajstić information content (AvgIpc) is 3.11. The van der Waals surface area contributed by atoms with Gasteiger partial charge in [0.2, 0.25) is 0 Å². The number of nitrogens with zero attached hydrogens (tertiary/aromatic N) is 1. The van der Waals surface area contributed by atoms with Crippen LogP contribution in [0.2, 0.25) is 0 Å². The SMILES string of the molecule is c1csc(CCNCCSc2nc3ccccc3o2)c1. The second-order valence-electron chi connectivity index (χ2n) is 4.38. The summed E-state index contributed by atoms with van der Waals surface area (Å²) in [7, 11) is 0. The molecule has 20 heavy (non-hydrogen) atoms. The Morgan fingerprint density at radius 1 is 1.15 bits per heavy atom. The van der Waals surface area contributed by atoms with Gasteiger partial charge < -0.3 is 9.73 Å². The lowest BCUT2D eigenvalue weighted by atomic mass is 10.3. The molecule has 0 spiro atoms. The first-order valence-electron chi connectivity index (χ1n) is 6.63. The highest BCUT2D eigenvalue weighted by atomic mass is 32.2. The first-order chi connectivity index (χ1) is 9.92. The van der Waals surface area contributed by atoms with Crippen LogP contribution in [0.1, 0.15) is 4.88 Å². The maximum Gasteiger partial charge on any atom is 0.256 e. The number of para-hydroxylation sites is 2. The quantitative estimate of drug-likeness (QED) is 0.532. The van der Waals surface area contributed by atoms with Gasteiger partial charge in [-0.05, 0) is 36.5 Å². The van der Waals surface area contributed by atoms with Gasteiger partial charge in [0.05, 0.1) is 0 Å². The van der Waals surface area contributed by atoms with Gasteiger partial charge in [-0.15, -0.1) is 11.3 Å². The van der Waals surface area contributed by atoms with Gasteiger partial charge in [0.15, 0.2) is 5.58 Å². The lowest BCUT2D eigenvalue weighted by molar-refractivity contribution is 0.489. The first-order valence-corrected chi connectivity index (χ1v) is 8.50. The van der Waals surface area contributed by atoms with Gasteiger partial charge in [-0.3, -0.25) is 0 Å². The summed E-state index contributed by atoms with van der Waals surface area (Å²) < 4.78 is 5.66. The fraction of sp³-hybridized carbons (Fsp3) is 0.267. The molecule has 3 rings (SSSR count). The summed E-state index contributed by atoms with van der Waals surface area (Å²) in [6.45, 7) is 1.99. The lowest BCUT2D eigenvalue weighted by Crippen LogP contribution is -2.19. The molecule has 0 radical (unpaired) electrons. The van der Waals surface area contributed by atoms with Crippen molar-refractivity contribution in [2.24, 2.45) is 0 Å². The zero-order chi connectivity index (χ0) is 13.6. The van der Waals surface area contributed by atoms with Crippen molar-refractivity contribution in [3.8, 4) is 0 Å². The van der Waals surface area contributed by atoms with Crippen LogP contribution in [0, 0.1) is 0 Å². The largest absolute Gasteiger partial charge is 0.431 e. The zero-order valence-electron chi connectivity index (χ0n) is 11.0. The second-order valence-corrected chi connectivity index (χ2v) is 6.45. The van der Waals surface area contributed by atoms with Crippen molar-refractivity contribution in [1.82, 2.24) is 10.3 Å². The third-order valence-electron chi connectivity index (χ3n) is 2.91. The highest BCUT2D eigenvalue weighted by Gasteiger charge is 2.04. The summed E-state index contributed by atoms with van der Waals surface area (Å²) in [5.74, 6) is 0.970. The molecular weight excluding hydrogens is 288 g/mol. The molecule has 5 heteroatoms. The Bertz CT molecular complexity index is 616. The molecule has 0 unspecified atom stereocenters. The monoisotopic (exact) mass is 304 g/mol. The van der Waals surface area contributed by atoms with Crippen LogP contribution in [0.25, 0.3) is 11.1 Å². The number of thioether (sulfide) groups is 1. The minimum atomic E-state index is 0.756. The van der Waals surface area contributed by atoms with Gasteiger partial charge >= 0.3 is 0 Å². The van der Waals surface area contributed by atoms with Gasteiger partial charge in [-0.2, -0.15) is 0 Å². The highest BCUT2D eigenvalue weighted by Crippen LogP contribution is 2.22. The van der Waals surface area contributed by atoms with E-state index in [1.54, 1.807) is 11.8 Å². The van der Waals surface area contributed by atoms with Gasteiger partial charge in [0.25, 0.3) is 5.22 Å². The smallest absolute Gasteiger partial charge is 0.256 e. The topological polar surface area (TPSA) is 38.1 Å². The molecule has 0 aliphatic heterocycles. The maximum absolute atomic E-state index is 5.66. The van der Waals surface area contributed by atoms with Gasteiger partial charge in [-0.25, -0.2) is 4.98 Å². The van der Waals surface area contributed by atoms with E-state index in [4.69, 9.17) is 4.42 Å². The van der Waals surface area contributed by atoms with Crippen LogP contribution in [0.15, 0.2) is 51.4 Å². The summed E-state index contributed by atoms with van der Waals surface area (Å²) in [6, 6.07) is 12.1. The Morgan fingerprint density at radius 2 is 2.10 bits per heavy atom. The van der Waals surface area contributed by atoms with E-state index >= 15 is 0 Å². The molecular formula is C15H16N2OS2. The summed E-state index contributed by atoms with van der Waals surface area (Å²) in [5.41, 5.74) is 1.79. The van der Waals surface area contributed by atoms with Crippen LogP contribution in [0.3, 0.4) is 0 Å². The fourth-order valence-electron chi connectivity index (χ4n) is 1.91. The Kier molecular flexibility index (Phi) is 4.73. The third kappa shape index (κ3) is 3.62. The van der Waals surface area contributed by atoms with Gasteiger partial charge in [0, 0.05) is 17.2 Å². The Hall–Kier alpha value is -1.30. The molecule has 1 aromatic carbocycles. The van der Waals surface area contributed by atoms with Crippen molar-refractivity contribution in [3.05, 3.63) is 46.7 Å². The molecule has 1 N–H and O–H groups in total. The van der Waals surface area contributed by atoms with Crippen LogP contribution in [0.5, 0.6) is 0 Å². The standard InChI is InChI=1S/C15H16N2OS2/c1-2-6-14-13(5-1)17-15(18-14)20-11-9-16-8-7-12-4-3-10-19-12/h1-6,10,16H,7-9,11H2. The second kappa shape index (κ2) is 6.92.